The number of benzene rings is 1. The van der Waals surface area contributed by atoms with E-state index in [0.29, 0.717) is 13.0 Å². The molecule has 0 spiro atoms. The molecule has 0 aromatic heterocycles. The van der Waals surface area contributed by atoms with Crippen molar-refractivity contribution in [1.29, 1.82) is 0 Å². The van der Waals surface area contributed by atoms with E-state index < -0.39 is 11.9 Å². The van der Waals surface area contributed by atoms with Gasteiger partial charge in [0.15, 0.2) is 0 Å². The number of aliphatic carboxylic acids is 1. The van der Waals surface area contributed by atoms with E-state index in [1.807, 2.05) is 31.2 Å². The molecular weight excluding hydrogens is 232 g/mol. The van der Waals surface area contributed by atoms with Crippen molar-refractivity contribution in [3.8, 4) is 5.75 Å². The second-order valence-corrected chi connectivity index (χ2v) is 4.39. The number of hydrogen-bond donors (Lipinski definition) is 1. The average molecular weight is 252 g/mol. The van der Waals surface area contributed by atoms with Gasteiger partial charge in [-0.25, -0.2) is 0 Å². The van der Waals surface area contributed by atoms with Gasteiger partial charge in [0, 0.05) is 13.7 Å². The molecule has 2 unspecified atom stereocenters. The lowest BCUT2D eigenvalue weighted by Gasteiger charge is -2.20. The van der Waals surface area contributed by atoms with E-state index in [1.54, 1.807) is 14.2 Å². The molecule has 18 heavy (non-hydrogen) atoms. The van der Waals surface area contributed by atoms with Crippen LogP contribution >= 0.6 is 0 Å². The number of carbonyl (C=O) groups is 1. The van der Waals surface area contributed by atoms with Crippen molar-refractivity contribution < 1.29 is 19.4 Å². The maximum Gasteiger partial charge on any atom is 0.307 e. The summed E-state index contributed by atoms with van der Waals surface area (Å²) in [4.78, 5) is 11.3. The van der Waals surface area contributed by atoms with Gasteiger partial charge >= 0.3 is 5.97 Å². The van der Waals surface area contributed by atoms with Gasteiger partial charge in [-0.1, -0.05) is 25.1 Å². The molecule has 0 fully saturated rings. The Bertz CT molecular complexity index is 389. The van der Waals surface area contributed by atoms with E-state index in [1.165, 1.54) is 0 Å². The molecule has 0 heterocycles. The molecule has 4 nitrogen and oxygen atoms in total. The van der Waals surface area contributed by atoms with E-state index >= 15 is 0 Å². The standard InChI is InChI=1S/C14H20O4/c1-10(9-17-2)12(14(15)16)8-11-6-4-5-7-13(11)18-3/h4-7,10,12H,8-9H2,1-3H3,(H,15,16). The maximum atomic E-state index is 11.3. The van der Waals surface area contributed by atoms with Crippen LogP contribution in [0.15, 0.2) is 24.3 Å². The first-order valence-electron chi connectivity index (χ1n) is 5.93. The monoisotopic (exact) mass is 252 g/mol. The summed E-state index contributed by atoms with van der Waals surface area (Å²) in [5, 5.41) is 9.30. The molecule has 1 rings (SSSR count). The first kappa shape index (κ1) is 14.5. The molecule has 0 aliphatic carbocycles. The van der Waals surface area contributed by atoms with Crippen LogP contribution in [0.25, 0.3) is 0 Å². The summed E-state index contributed by atoms with van der Waals surface area (Å²) in [6, 6.07) is 7.50. The minimum atomic E-state index is -0.801. The van der Waals surface area contributed by atoms with Crippen LogP contribution in [0.4, 0.5) is 0 Å². The van der Waals surface area contributed by atoms with E-state index in [9.17, 15) is 9.90 Å². The van der Waals surface area contributed by atoms with Crippen LogP contribution in [-0.2, 0) is 16.0 Å². The summed E-state index contributed by atoms with van der Waals surface area (Å²) in [5.74, 6) is -0.586. The fourth-order valence-electron chi connectivity index (χ4n) is 2.02. The number of carboxylic acids is 1. The number of carboxylic acid groups (broad SMARTS) is 1. The molecule has 2 atom stereocenters. The van der Waals surface area contributed by atoms with Crippen LogP contribution in [0.5, 0.6) is 5.75 Å². The van der Waals surface area contributed by atoms with Crippen molar-refractivity contribution in [2.45, 2.75) is 13.3 Å². The molecule has 1 aromatic carbocycles. The third kappa shape index (κ3) is 3.74. The molecular formula is C14H20O4. The highest BCUT2D eigenvalue weighted by Crippen LogP contribution is 2.25. The quantitative estimate of drug-likeness (QED) is 0.808. The van der Waals surface area contributed by atoms with Crippen molar-refractivity contribution in [3.05, 3.63) is 29.8 Å². The summed E-state index contributed by atoms with van der Waals surface area (Å²) in [5.41, 5.74) is 0.912. The Labute approximate surface area is 108 Å². The Balaban J connectivity index is 2.86. The highest BCUT2D eigenvalue weighted by Gasteiger charge is 2.25. The lowest BCUT2D eigenvalue weighted by atomic mass is 9.88. The molecule has 1 aromatic rings. The molecule has 0 radical (unpaired) electrons. The largest absolute Gasteiger partial charge is 0.496 e. The lowest BCUT2D eigenvalue weighted by molar-refractivity contribution is -0.144. The highest BCUT2D eigenvalue weighted by molar-refractivity contribution is 5.71. The van der Waals surface area contributed by atoms with Gasteiger partial charge in [-0.15, -0.1) is 0 Å². The fraction of sp³-hybridized carbons (Fsp3) is 0.500. The molecule has 0 saturated heterocycles. The van der Waals surface area contributed by atoms with Crippen LogP contribution in [-0.4, -0.2) is 31.9 Å². The summed E-state index contributed by atoms with van der Waals surface area (Å²) >= 11 is 0. The summed E-state index contributed by atoms with van der Waals surface area (Å²) < 4.78 is 10.3. The Morgan fingerprint density at radius 2 is 2.00 bits per heavy atom. The van der Waals surface area contributed by atoms with Crippen molar-refractivity contribution >= 4 is 5.97 Å². The molecule has 0 amide bonds. The van der Waals surface area contributed by atoms with Crippen molar-refractivity contribution in [3.63, 3.8) is 0 Å². The minimum Gasteiger partial charge on any atom is -0.496 e. The van der Waals surface area contributed by atoms with E-state index in [-0.39, 0.29) is 5.92 Å². The third-order valence-electron chi connectivity index (χ3n) is 3.07. The summed E-state index contributed by atoms with van der Waals surface area (Å²) in [7, 11) is 3.17. The Morgan fingerprint density at radius 3 is 2.56 bits per heavy atom. The first-order valence-corrected chi connectivity index (χ1v) is 5.93. The van der Waals surface area contributed by atoms with Gasteiger partial charge < -0.3 is 14.6 Å². The average Bonchev–Trinajstić information content (AvgIpc) is 2.36. The maximum absolute atomic E-state index is 11.3. The second-order valence-electron chi connectivity index (χ2n) is 4.39. The van der Waals surface area contributed by atoms with Gasteiger partial charge in [0.05, 0.1) is 13.0 Å². The van der Waals surface area contributed by atoms with Gasteiger partial charge in [-0.2, -0.15) is 0 Å². The van der Waals surface area contributed by atoms with Crippen LogP contribution in [0, 0.1) is 11.8 Å². The summed E-state index contributed by atoms with van der Waals surface area (Å²) in [6.07, 6.45) is 0.448. The lowest BCUT2D eigenvalue weighted by Crippen LogP contribution is -2.27. The van der Waals surface area contributed by atoms with Crippen LogP contribution in [0.3, 0.4) is 0 Å². The van der Waals surface area contributed by atoms with Gasteiger partial charge in [-0.05, 0) is 24.0 Å². The number of ether oxygens (including phenoxy) is 2. The Morgan fingerprint density at radius 1 is 1.33 bits per heavy atom. The Hall–Kier alpha value is -1.55. The zero-order chi connectivity index (χ0) is 13.5. The van der Waals surface area contributed by atoms with Gasteiger partial charge in [0.1, 0.15) is 5.75 Å². The van der Waals surface area contributed by atoms with Crippen molar-refractivity contribution in [1.82, 2.24) is 0 Å². The van der Waals surface area contributed by atoms with E-state index in [0.717, 1.165) is 11.3 Å². The predicted molar refractivity (Wildman–Crippen MR) is 68.9 cm³/mol. The van der Waals surface area contributed by atoms with E-state index in [4.69, 9.17) is 9.47 Å². The van der Waals surface area contributed by atoms with Crippen LogP contribution in [0.2, 0.25) is 0 Å². The predicted octanol–water partition coefficient (Wildman–Crippen LogP) is 2.22. The van der Waals surface area contributed by atoms with Crippen molar-refractivity contribution in [2.75, 3.05) is 20.8 Å². The second kappa shape index (κ2) is 7.01. The molecule has 4 heteroatoms. The first-order chi connectivity index (χ1) is 8.60. The number of para-hydroxylation sites is 1. The number of rotatable bonds is 7. The number of hydrogen-bond acceptors (Lipinski definition) is 3. The van der Waals surface area contributed by atoms with Crippen LogP contribution < -0.4 is 4.74 Å². The Kier molecular flexibility index (Phi) is 5.65. The fourth-order valence-corrected chi connectivity index (χ4v) is 2.02. The van der Waals surface area contributed by atoms with Crippen LogP contribution in [0.1, 0.15) is 12.5 Å². The topological polar surface area (TPSA) is 55.8 Å². The van der Waals surface area contributed by atoms with E-state index in [2.05, 4.69) is 0 Å². The SMILES string of the molecule is COCC(C)C(Cc1ccccc1OC)C(=O)O. The molecule has 0 saturated carbocycles. The molecule has 0 aliphatic rings. The number of methoxy groups -OCH3 is 2. The zero-order valence-electron chi connectivity index (χ0n) is 11.1. The normalized spacial score (nSPS) is 13.9. The van der Waals surface area contributed by atoms with Gasteiger partial charge in [-0.3, -0.25) is 4.79 Å². The van der Waals surface area contributed by atoms with Gasteiger partial charge in [0.25, 0.3) is 0 Å². The minimum absolute atomic E-state index is 0.0441. The summed E-state index contributed by atoms with van der Waals surface area (Å²) in [6.45, 7) is 2.32. The highest BCUT2D eigenvalue weighted by atomic mass is 16.5. The zero-order valence-corrected chi connectivity index (χ0v) is 11.1. The molecule has 0 aliphatic heterocycles. The molecule has 1 N–H and O–H groups in total. The molecule has 100 valence electrons. The van der Waals surface area contributed by atoms with Gasteiger partial charge in [0.2, 0.25) is 0 Å². The van der Waals surface area contributed by atoms with Crippen molar-refractivity contribution in [2.24, 2.45) is 11.8 Å². The smallest absolute Gasteiger partial charge is 0.307 e. The molecule has 0 bridgehead atoms. The third-order valence-corrected chi connectivity index (χ3v) is 3.07.